The van der Waals surface area contributed by atoms with Crippen LogP contribution in [0.25, 0.3) is 11.1 Å². The van der Waals surface area contributed by atoms with E-state index in [4.69, 9.17) is 9.47 Å². The summed E-state index contributed by atoms with van der Waals surface area (Å²) in [4.78, 5) is 33.9. The highest BCUT2D eigenvalue weighted by atomic mass is 16.5. The fraction of sp³-hybridized carbons (Fsp3) is 0.250. The molecule has 2 aromatic carbocycles. The van der Waals surface area contributed by atoms with E-state index < -0.39 is 17.7 Å². The first kappa shape index (κ1) is 22.2. The van der Waals surface area contributed by atoms with Gasteiger partial charge in [0.25, 0.3) is 5.91 Å². The largest absolute Gasteiger partial charge is 0.496 e. The lowest BCUT2D eigenvalue weighted by Crippen LogP contribution is -2.56. The highest BCUT2D eigenvalue weighted by Gasteiger charge is 2.44. The van der Waals surface area contributed by atoms with Gasteiger partial charge < -0.3 is 25.4 Å². The van der Waals surface area contributed by atoms with Gasteiger partial charge in [0.1, 0.15) is 29.6 Å². The summed E-state index contributed by atoms with van der Waals surface area (Å²) >= 11 is 0. The predicted octanol–water partition coefficient (Wildman–Crippen LogP) is 2.23. The minimum atomic E-state index is -0.974. The van der Waals surface area contributed by atoms with Crippen LogP contribution in [0.3, 0.4) is 0 Å². The molecule has 4 rings (SSSR count). The molecule has 0 saturated carbocycles. The van der Waals surface area contributed by atoms with Crippen molar-refractivity contribution in [3.63, 3.8) is 0 Å². The van der Waals surface area contributed by atoms with Crippen molar-refractivity contribution < 1.29 is 19.1 Å². The second-order valence-electron chi connectivity index (χ2n) is 7.66. The fourth-order valence-corrected chi connectivity index (χ4v) is 4.00. The van der Waals surface area contributed by atoms with Crippen LogP contribution in [0.1, 0.15) is 16.8 Å². The Bertz CT molecular complexity index is 1140. The van der Waals surface area contributed by atoms with Gasteiger partial charge in [0, 0.05) is 30.3 Å². The van der Waals surface area contributed by atoms with Crippen molar-refractivity contribution in [2.45, 2.75) is 18.1 Å². The first-order chi connectivity index (χ1) is 16.0. The zero-order chi connectivity index (χ0) is 23.3. The number of rotatable bonds is 7. The minimum Gasteiger partial charge on any atom is -0.496 e. The quantitative estimate of drug-likeness (QED) is 0.373. The van der Waals surface area contributed by atoms with E-state index in [0.717, 1.165) is 11.1 Å². The van der Waals surface area contributed by atoms with Crippen LogP contribution in [-0.4, -0.2) is 54.3 Å². The molecule has 0 radical (unpaired) electrons. The standard InChI is InChI=1S/C24H25N5O4/c1-32-20-10-6-5-8-17(20)16-7-3-4-9-18(16)22(30)29-24(28-21-11-12-25-15-27-21)13-19(26-14-24)23(31)33-2/h3-12,15,19,26H,13-14H2,1-2H3,(H,29,30)(H,25,27,28). The molecule has 1 aliphatic rings. The summed E-state index contributed by atoms with van der Waals surface area (Å²) in [5.74, 6) is 0.492. The van der Waals surface area contributed by atoms with Crippen LogP contribution in [0, 0.1) is 0 Å². The molecule has 3 N–H and O–H groups in total. The minimum absolute atomic E-state index is 0.270. The van der Waals surface area contributed by atoms with Crippen molar-refractivity contribution in [3.05, 3.63) is 72.7 Å². The Morgan fingerprint density at radius 3 is 2.55 bits per heavy atom. The number of carbonyl (C=O) groups excluding carboxylic acids is 2. The fourth-order valence-electron chi connectivity index (χ4n) is 4.00. The van der Waals surface area contributed by atoms with Crippen molar-refractivity contribution in [2.24, 2.45) is 0 Å². The maximum absolute atomic E-state index is 13.6. The van der Waals surface area contributed by atoms with E-state index in [1.54, 1.807) is 25.4 Å². The summed E-state index contributed by atoms with van der Waals surface area (Å²) in [7, 11) is 2.93. The van der Waals surface area contributed by atoms with Crippen molar-refractivity contribution in [1.82, 2.24) is 20.6 Å². The topological polar surface area (TPSA) is 114 Å². The van der Waals surface area contributed by atoms with Gasteiger partial charge in [0.15, 0.2) is 0 Å². The molecular weight excluding hydrogens is 422 g/mol. The molecule has 1 amide bonds. The van der Waals surface area contributed by atoms with Crippen LogP contribution in [-0.2, 0) is 9.53 Å². The van der Waals surface area contributed by atoms with Crippen molar-refractivity contribution in [1.29, 1.82) is 0 Å². The molecule has 9 nitrogen and oxygen atoms in total. The molecule has 2 atom stereocenters. The lowest BCUT2D eigenvalue weighted by Gasteiger charge is -2.32. The maximum Gasteiger partial charge on any atom is 0.323 e. The number of para-hydroxylation sites is 1. The Morgan fingerprint density at radius 1 is 1.06 bits per heavy atom. The van der Waals surface area contributed by atoms with Gasteiger partial charge in [-0.05, 0) is 23.8 Å². The first-order valence-corrected chi connectivity index (χ1v) is 10.5. The molecule has 0 aliphatic carbocycles. The summed E-state index contributed by atoms with van der Waals surface area (Å²) in [6, 6.07) is 16.0. The van der Waals surface area contributed by atoms with Crippen molar-refractivity contribution >= 4 is 17.7 Å². The summed E-state index contributed by atoms with van der Waals surface area (Å²) in [5.41, 5.74) is 1.05. The summed E-state index contributed by atoms with van der Waals surface area (Å²) in [6.07, 6.45) is 3.28. The molecule has 3 aromatic rings. The molecule has 0 bridgehead atoms. The van der Waals surface area contributed by atoms with Crippen LogP contribution in [0.15, 0.2) is 67.1 Å². The summed E-state index contributed by atoms with van der Waals surface area (Å²) < 4.78 is 10.4. The van der Waals surface area contributed by atoms with E-state index in [1.807, 2.05) is 42.5 Å². The van der Waals surface area contributed by atoms with Crippen molar-refractivity contribution in [2.75, 3.05) is 26.1 Å². The zero-order valence-electron chi connectivity index (χ0n) is 18.4. The van der Waals surface area contributed by atoms with Gasteiger partial charge in [-0.2, -0.15) is 0 Å². The van der Waals surface area contributed by atoms with Crippen LogP contribution < -0.4 is 20.7 Å². The van der Waals surface area contributed by atoms with Crippen LogP contribution in [0.2, 0.25) is 0 Å². The third-order valence-corrected chi connectivity index (χ3v) is 5.56. The average molecular weight is 447 g/mol. The Hall–Kier alpha value is -3.98. The van der Waals surface area contributed by atoms with E-state index in [9.17, 15) is 9.59 Å². The highest BCUT2D eigenvalue weighted by molar-refractivity contribution is 6.02. The van der Waals surface area contributed by atoms with Gasteiger partial charge >= 0.3 is 5.97 Å². The number of methoxy groups -OCH3 is 2. The average Bonchev–Trinajstić information content (AvgIpc) is 3.27. The lowest BCUT2D eigenvalue weighted by atomic mass is 9.97. The molecule has 1 fully saturated rings. The summed E-state index contributed by atoms with van der Waals surface area (Å²) in [6.45, 7) is 0.291. The Balaban J connectivity index is 1.67. The zero-order valence-corrected chi connectivity index (χ0v) is 18.4. The number of amides is 1. The Morgan fingerprint density at radius 2 is 1.82 bits per heavy atom. The number of aromatic nitrogens is 2. The summed E-state index contributed by atoms with van der Waals surface area (Å²) in [5, 5.41) is 9.48. The van der Waals surface area contributed by atoms with E-state index >= 15 is 0 Å². The molecule has 33 heavy (non-hydrogen) atoms. The highest BCUT2D eigenvalue weighted by Crippen LogP contribution is 2.32. The molecule has 170 valence electrons. The second kappa shape index (κ2) is 9.66. The monoisotopic (exact) mass is 447 g/mol. The van der Waals surface area contributed by atoms with Crippen LogP contribution >= 0.6 is 0 Å². The van der Waals surface area contributed by atoms with Gasteiger partial charge in [0.2, 0.25) is 0 Å². The first-order valence-electron chi connectivity index (χ1n) is 10.5. The number of carbonyl (C=O) groups is 2. The van der Waals surface area contributed by atoms with Gasteiger partial charge in [-0.25, -0.2) is 9.97 Å². The van der Waals surface area contributed by atoms with E-state index in [0.29, 0.717) is 23.7 Å². The predicted molar refractivity (Wildman–Crippen MR) is 123 cm³/mol. The van der Waals surface area contributed by atoms with Crippen molar-refractivity contribution in [3.8, 4) is 16.9 Å². The van der Waals surface area contributed by atoms with Crippen LogP contribution in [0.4, 0.5) is 5.82 Å². The number of hydrogen-bond acceptors (Lipinski definition) is 8. The van der Waals surface area contributed by atoms with E-state index in [2.05, 4.69) is 25.9 Å². The smallest absolute Gasteiger partial charge is 0.323 e. The molecule has 2 heterocycles. The van der Waals surface area contributed by atoms with E-state index in [1.165, 1.54) is 13.4 Å². The van der Waals surface area contributed by atoms with Gasteiger partial charge in [-0.15, -0.1) is 0 Å². The number of nitrogens with zero attached hydrogens (tertiary/aromatic N) is 2. The van der Waals surface area contributed by atoms with Gasteiger partial charge in [0.05, 0.1) is 14.2 Å². The molecule has 1 saturated heterocycles. The number of hydrogen-bond donors (Lipinski definition) is 3. The van der Waals surface area contributed by atoms with E-state index in [-0.39, 0.29) is 12.3 Å². The molecule has 0 spiro atoms. The molecule has 9 heteroatoms. The second-order valence-corrected chi connectivity index (χ2v) is 7.66. The lowest BCUT2D eigenvalue weighted by molar-refractivity contribution is -0.142. The number of ether oxygens (including phenoxy) is 2. The molecule has 2 unspecified atom stereocenters. The third-order valence-electron chi connectivity index (χ3n) is 5.56. The molecule has 1 aliphatic heterocycles. The SMILES string of the molecule is COC(=O)C1CC(NC(=O)c2ccccc2-c2ccccc2OC)(Nc2ccncn2)CN1. The third kappa shape index (κ3) is 4.78. The number of nitrogens with one attached hydrogen (secondary N) is 3. The number of benzene rings is 2. The number of anilines is 1. The Labute approximate surface area is 191 Å². The Kier molecular flexibility index (Phi) is 6.50. The maximum atomic E-state index is 13.6. The molecular formula is C24H25N5O4. The van der Waals surface area contributed by atoms with Gasteiger partial charge in [-0.1, -0.05) is 36.4 Å². The normalized spacial score (nSPS) is 19.5. The molecule has 1 aromatic heterocycles. The van der Waals surface area contributed by atoms with Gasteiger partial charge in [-0.3, -0.25) is 9.59 Å². The van der Waals surface area contributed by atoms with Crippen LogP contribution in [0.5, 0.6) is 5.75 Å². The number of esters is 1.